The van der Waals surface area contributed by atoms with Crippen molar-refractivity contribution in [3.05, 3.63) is 60.2 Å². The number of carbonyl (C=O) groups excluding carboxylic acids is 2. The van der Waals surface area contributed by atoms with Crippen molar-refractivity contribution in [1.29, 1.82) is 0 Å². The van der Waals surface area contributed by atoms with Gasteiger partial charge in [-0.1, -0.05) is 37.3 Å². The highest BCUT2D eigenvalue weighted by Gasteiger charge is 2.22. The van der Waals surface area contributed by atoms with Gasteiger partial charge in [0.2, 0.25) is 5.91 Å². The second-order valence-electron chi connectivity index (χ2n) is 6.86. The van der Waals surface area contributed by atoms with E-state index in [4.69, 9.17) is 4.74 Å². The number of ether oxygens (including phenoxy) is 1. The SMILES string of the molecule is CCc1cccc(OCC(=O)N2CCN(CC(=O)Nc3ccccc3)CC2)c1. The number of hydrogen-bond acceptors (Lipinski definition) is 4. The van der Waals surface area contributed by atoms with Crippen LogP contribution in [0.25, 0.3) is 0 Å². The fourth-order valence-electron chi connectivity index (χ4n) is 3.17. The van der Waals surface area contributed by atoms with Crippen molar-refractivity contribution in [2.45, 2.75) is 13.3 Å². The summed E-state index contributed by atoms with van der Waals surface area (Å²) in [6, 6.07) is 17.2. The standard InChI is InChI=1S/C22H27N3O3/c1-2-18-7-6-10-20(15-18)28-17-22(27)25-13-11-24(12-14-25)16-21(26)23-19-8-4-3-5-9-19/h3-10,15H,2,11-14,16-17H2,1H3,(H,23,26). The Hall–Kier alpha value is -2.86. The number of nitrogens with zero attached hydrogens (tertiary/aromatic N) is 2. The van der Waals surface area contributed by atoms with Gasteiger partial charge in [-0.2, -0.15) is 0 Å². The second kappa shape index (κ2) is 9.90. The van der Waals surface area contributed by atoms with Gasteiger partial charge in [0.25, 0.3) is 5.91 Å². The second-order valence-corrected chi connectivity index (χ2v) is 6.86. The number of nitrogens with one attached hydrogen (secondary N) is 1. The molecule has 2 aromatic carbocycles. The van der Waals surface area contributed by atoms with E-state index in [-0.39, 0.29) is 18.4 Å². The van der Waals surface area contributed by atoms with Crippen LogP contribution in [0.3, 0.4) is 0 Å². The Morgan fingerprint density at radius 2 is 1.75 bits per heavy atom. The summed E-state index contributed by atoms with van der Waals surface area (Å²) < 4.78 is 5.65. The number of anilines is 1. The monoisotopic (exact) mass is 381 g/mol. The number of amides is 2. The van der Waals surface area contributed by atoms with Crippen molar-refractivity contribution in [3.63, 3.8) is 0 Å². The Bertz CT molecular complexity index is 787. The van der Waals surface area contributed by atoms with E-state index in [0.717, 1.165) is 17.9 Å². The molecule has 2 aromatic rings. The first-order valence-corrected chi connectivity index (χ1v) is 9.71. The number of hydrogen-bond donors (Lipinski definition) is 1. The highest BCUT2D eigenvalue weighted by molar-refractivity contribution is 5.92. The number of para-hydroxylation sites is 1. The molecule has 3 rings (SSSR count). The molecule has 6 nitrogen and oxygen atoms in total. The van der Waals surface area contributed by atoms with Crippen LogP contribution in [0.5, 0.6) is 5.75 Å². The van der Waals surface area contributed by atoms with Gasteiger partial charge in [0.05, 0.1) is 6.54 Å². The Labute approximate surface area is 166 Å². The molecule has 1 heterocycles. The van der Waals surface area contributed by atoms with Crippen molar-refractivity contribution < 1.29 is 14.3 Å². The maximum atomic E-state index is 12.4. The third-order valence-electron chi connectivity index (χ3n) is 4.82. The molecule has 0 aliphatic carbocycles. The summed E-state index contributed by atoms with van der Waals surface area (Å²) in [4.78, 5) is 28.4. The predicted molar refractivity (Wildman–Crippen MR) is 109 cm³/mol. The molecular formula is C22H27N3O3. The zero-order valence-electron chi connectivity index (χ0n) is 16.3. The normalized spacial score (nSPS) is 14.5. The average molecular weight is 381 g/mol. The molecule has 0 unspecified atom stereocenters. The summed E-state index contributed by atoms with van der Waals surface area (Å²) >= 11 is 0. The molecule has 0 radical (unpaired) electrons. The third kappa shape index (κ3) is 5.82. The van der Waals surface area contributed by atoms with Crippen LogP contribution in [-0.2, 0) is 16.0 Å². The maximum Gasteiger partial charge on any atom is 0.260 e. The molecule has 0 bridgehead atoms. The summed E-state index contributed by atoms with van der Waals surface area (Å²) in [5.41, 5.74) is 1.98. The zero-order chi connectivity index (χ0) is 19.8. The molecule has 28 heavy (non-hydrogen) atoms. The molecule has 6 heteroatoms. The Morgan fingerprint density at radius 1 is 1.00 bits per heavy atom. The van der Waals surface area contributed by atoms with Gasteiger partial charge in [-0.05, 0) is 36.2 Å². The van der Waals surface area contributed by atoms with Gasteiger partial charge in [0.1, 0.15) is 5.75 Å². The molecule has 0 spiro atoms. The van der Waals surface area contributed by atoms with Crippen LogP contribution < -0.4 is 10.1 Å². The number of carbonyl (C=O) groups is 2. The molecule has 0 saturated carbocycles. The third-order valence-corrected chi connectivity index (χ3v) is 4.82. The number of rotatable bonds is 7. The van der Waals surface area contributed by atoms with E-state index in [1.54, 1.807) is 4.90 Å². The molecule has 2 amide bonds. The van der Waals surface area contributed by atoms with E-state index in [1.807, 2.05) is 54.6 Å². The van der Waals surface area contributed by atoms with Gasteiger partial charge in [-0.25, -0.2) is 0 Å². The highest BCUT2D eigenvalue weighted by Crippen LogP contribution is 2.14. The summed E-state index contributed by atoms with van der Waals surface area (Å²) in [5, 5.41) is 2.89. The van der Waals surface area contributed by atoms with Crippen LogP contribution in [0.4, 0.5) is 5.69 Å². The van der Waals surface area contributed by atoms with Gasteiger partial charge in [-0.3, -0.25) is 14.5 Å². The van der Waals surface area contributed by atoms with Gasteiger partial charge in [0.15, 0.2) is 6.61 Å². The summed E-state index contributed by atoms with van der Waals surface area (Å²) in [6.45, 7) is 5.03. The molecule has 1 saturated heterocycles. The first-order valence-electron chi connectivity index (χ1n) is 9.71. The smallest absolute Gasteiger partial charge is 0.260 e. The van der Waals surface area contributed by atoms with Crippen LogP contribution in [-0.4, -0.2) is 60.9 Å². The lowest BCUT2D eigenvalue weighted by Gasteiger charge is -2.34. The molecule has 1 aliphatic rings. The van der Waals surface area contributed by atoms with Crippen LogP contribution >= 0.6 is 0 Å². The molecule has 1 fully saturated rings. The topological polar surface area (TPSA) is 61.9 Å². The lowest BCUT2D eigenvalue weighted by molar-refractivity contribution is -0.135. The molecule has 148 valence electrons. The number of aryl methyl sites for hydroxylation is 1. The fourth-order valence-corrected chi connectivity index (χ4v) is 3.17. The van der Waals surface area contributed by atoms with E-state index in [0.29, 0.717) is 32.7 Å². The van der Waals surface area contributed by atoms with Crippen molar-refractivity contribution in [2.75, 3.05) is 44.6 Å². The van der Waals surface area contributed by atoms with Gasteiger partial charge >= 0.3 is 0 Å². The van der Waals surface area contributed by atoms with Gasteiger partial charge in [-0.15, -0.1) is 0 Å². The van der Waals surface area contributed by atoms with Crippen LogP contribution in [0.1, 0.15) is 12.5 Å². The van der Waals surface area contributed by atoms with E-state index in [1.165, 1.54) is 5.56 Å². The van der Waals surface area contributed by atoms with E-state index in [2.05, 4.69) is 17.1 Å². The first kappa shape index (κ1) is 19.9. The summed E-state index contributed by atoms with van der Waals surface area (Å²) in [5.74, 6) is 0.671. The number of benzene rings is 2. The average Bonchev–Trinajstić information content (AvgIpc) is 2.73. The minimum absolute atomic E-state index is 0.0183. The predicted octanol–water partition coefficient (Wildman–Crippen LogP) is 2.41. The molecular weight excluding hydrogens is 354 g/mol. The lowest BCUT2D eigenvalue weighted by Crippen LogP contribution is -2.51. The molecule has 0 atom stereocenters. The van der Waals surface area contributed by atoms with Crippen molar-refractivity contribution in [1.82, 2.24) is 9.80 Å². The van der Waals surface area contributed by atoms with Crippen LogP contribution in [0.2, 0.25) is 0 Å². The first-order chi connectivity index (χ1) is 13.6. The Morgan fingerprint density at radius 3 is 2.46 bits per heavy atom. The van der Waals surface area contributed by atoms with E-state index < -0.39 is 0 Å². The maximum absolute atomic E-state index is 12.4. The molecule has 1 N–H and O–H groups in total. The van der Waals surface area contributed by atoms with Crippen LogP contribution in [0.15, 0.2) is 54.6 Å². The zero-order valence-corrected chi connectivity index (χ0v) is 16.3. The Balaban J connectivity index is 1.39. The van der Waals surface area contributed by atoms with Gasteiger partial charge < -0.3 is 15.0 Å². The minimum Gasteiger partial charge on any atom is -0.484 e. The summed E-state index contributed by atoms with van der Waals surface area (Å²) in [7, 11) is 0. The van der Waals surface area contributed by atoms with Crippen LogP contribution in [0, 0.1) is 0 Å². The minimum atomic E-state index is -0.0369. The summed E-state index contributed by atoms with van der Waals surface area (Å²) in [6.07, 6.45) is 0.935. The lowest BCUT2D eigenvalue weighted by atomic mass is 10.2. The number of piperazine rings is 1. The molecule has 0 aromatic heterocycles. The molecule has 1 aliphatic heterocycles. The van der Waals surface area contributed by atoms with Crippen molar-refractivity contribution in [2.24, 2.45) is 0 Å². The Kier molecular flexibility index (Phi) is 7.03. The van der Waals surface area contributed by atoms with E-state index >= 15 is 0 Å². The highest BCUT2D eigenvalue weighted by atomic mass is 16.5. The van der Waals surface area contributed by atoms with Crippen molar-refractivity contribution >= 4 is 17.5 Å². The largest absolute Gasteiger partial charge is 0.484 e. The van der Waals surface area contributed by atoms with Crippen molar-refractivity contribution in [3.8, 4) is 5.75 Å². The fraction of sp³-hybridized carbons (Fsp3) is 0.364. The quantitative estimate of drug-likeness (QED) is 0.800. The van der Waals surface area contributed by atoms with Gasteiger partial charge in [0, 0.05) is 31.9 Å². The van der Waals surface area contributed by atoms with E-state index in [9.17, 15) is 9.59 Å².